The summed E-state index contributed by atoms with van der Waals surface area (Å²) in [6.07, 6.45) is 5.24. The number of rotatable bonds is 5. The molecule has 0 radical (unpaired) electrons. The first-order valence-electron chi connectivity index (χ1n) is 4.61. The second-order valence-corrected chi connectivity index (χ2v) is 3.44. The van der Waals surface area contributed by atoms with Crippen LogP contribution < -0.4 is 0 Å². The van der Waals surface area contributed by atoms with Crippen LogP contribution in [-0.4, -0.2) is 41.1 Å². The fraction of sp³-hybridized carbons (Fsp3) is 0.400. The van der Waals surface area contributed by atoms with Gasteiger partial charge < -0.3 is 14.2 Å². The van der Waals surface area contributed by atoms with Crippen LogP contribution in [-0.2, 0) is 6.54 Å². The summed E-state index contributed by atoms with van der Waals surface area (Å²) >= 11 is 0. The second kappa shape index (κ2) is 5.31. The minimum absolute atomic E-state index is 0.501. The molecule has 0 saturated carbocycles. The Labute approximate surface area is 89.7 Å². The molecule has 0 aliphatic carbocycles. The topological polar surface area (TPSA) is 45.4 Å². The van der Waals surface area contributed by atoms with E-state index in [1.165, 1.54) is 0 Å². The molecule has 0 saturated heterocycles. The van der Waals surface area contributed by atoms with E-state index in [1.54, 1.807) is 23.4 Å². The van der Waals surface area contributed by atoms with E-state index in [9.17, 15) is 0 Å². The van der Waals surface area contributed by atoms with Crippen molar-refractivity contribution in [1.29, 1.82) is 0 Å². The zero-order valence-corrected chi connectivity index (χ0v) is 9.34. The Morgan fingerprint density at radius 3 is 2.67 bits per heavy atom. The van der Waals surface area contributed by atoms with Gasteiger partial charge in [0.2, 0.25) is 11.8 Å². The monoisotopic (exact) mass is 208 g/mol. The summed E-state index contributed by atoms with van der Waals surface area (Å²) in [4.78, 5) is 3.77. The van der Waals surface area contributed by atoms with E-state index in [4.69, 9.17) is 4.42 Å². The van der Waals surface area contributed by atoms with Gasteiger partial charge in [0.15, 0.2) is 0 Å². The van der Waals surface area contributed by atoms with Crippen LogP contribution in [0.2, 0.25) is 0 Å². The van der Waals surface area contributed by atoms with Crippen molar-refractivity contribution in [3.8, 4) is 0 Å². The summed E-state index contributed by atoms with van der Waals surface area (Å²) in [6, 6.07) is 0. The first-order valence-corrected chi connectivity index (χ1v) is 4.61. The molecule has 82 valence electrons. The molecule has 0 unspecified atom stereocenters. The van der Waals surface area contributed by atoms with E-state index in [1.807, 2.05) is 26.0 Å². The molecule has 0 fully saturated rings. The molecule has 15 heavy (non-hydrogen) atoms. The maximum absolute atomic E-state index is 5.38. The highest BCUT2D eigenvalue weighted by molar-refractivity contribution is 5.36. The quantitative estimate of drug-likeness (QED) is 0.727. The van der Waals surface area contributed by atoms with Gasteiger partial charge in [-0.15, -0.1) is 10.2 Å². The minimum atomic E-state index is 0.501. The summed E-state index contributed by atoms with van der Waals surface area (Å²) in [7, 11) is 5.77. The standard InChI is InChI=1S/C10H16N4O/c1-5-14(4)7-6-9-11-12-10(15-9)8-13(2)3/h5-7H,1,8H2,2-4H3. The van der Waals surface area contributed by atoms with Crippen molar-refractivity contribution in [3.63, 3.8) is 0 Å². The van der Waals surface area contributed by atoms with Gasteiger partial charge >= 0.3 is 0 Å². The lowest BCUT2D eigenvalue weighted by Crippen LogP contribution is -2.10. The van der Waals surface area contributed by atoms with Crippen molar-refractivity contribution in [1.82, 2.24) is 20.0 Å². The minimum Gasteiger partial charge on any atom is -0.420 e. The zero-order valence-electron chi connectivity index (χ0n) is 9.34. The molecule has 0 aliphatic rings. The van der Waals surface area contributed by atoms with Gasteiger partial charge in [-0.25, -0.2) is 0 Å². The molecule has 0 spiro atoms. The molecule has 5 nitrogen and oxygen atoms in total. The van der Waals surface area contributed by atoms with E-state index in [-0.39, 0.29) is 0 Å². The van der Waals surface area contributed by atoms with E-state index in [0.717, 1.165) is 0 Å². The van der Waals surface area contributed by atoms with Gasteiger partial charge in [-0.1, -0.05) is 6.58 Å². The summed E-state index contributed by atoms with van der Waals surface area (Å²) in [5.41, 5.74) is 0. The van der Waals surface area contributed by atoms with E-state index in [2.05, 4.69) is 16.8 Å². The van der Waals surface area contributed by atoms with Gasteiger partial charge in [0.25, 0.3) is 0 Å². The van der Waals surface area contributed by atoms with Gasteiger partial charge in [0, 0.05) is 19.3 Å². The maximum Gasteiger partial charge on any atom is 0.242 e. The number of hydrogen-bond donors (Lipinski definition) is 0. The maximum atomic E-state index is 5.38. The Kier molecular flexibility index (Phi) is 4.05. The van der Waals surface area contributed by atoms with Gasteiger partial charge in [-0.05, 0) is 20.3 Å². The van der Waals surface area contributed by atoms with Crippen LogP contribution in [0.5, 0.6) is 0 Å². The van der Waals surface area contributed by atoms with Crippen LogP contribution in [0, 0.1) is 0 Å². The Hall–Kier alpha value is -1.62. The van der Waals surface area contributed by atoms with Crippen LogP contribution in [0.1, 0.15) is 11.8 Å². The highest BCUT2D eigenvalue weighted by atomic mass is 16.4. The smallest absolute Gasteiger partial charge is 0.242 e. The average molecular weight is 208 g/mol. The molecule has 1 aromatic heterocycles. The third-order valence-corrected chi connectivity index (χ3v) is 1.67. The predicted octanol–water partition coefficient (Wildman–Crippen LogP) is 1.18. The fourth-order valence-corrected chi connectivity index (χ4v) is 0.911. The lowest BCUT2D eigenvalue weighted by Gasteiger charge is -2.04. The second-order valence-electron chi connectivity index (χ2n) is 3.44. The van der Waals surface area contributed by atoms with E-state index >= 15 is 0 Å². The van der Waals surface area contributed by atoms with Gasteiger partial charge in [0.1, 0.15) is 0 Å². The Bertz CT molecular complexity index is 343. The molecule has 1 rings (SSSR count). The Balaban J connectivity index is 2.60. The van der Waals surface area contributed by atoms with Gasteiger partial charge in [-0.2, -0.15) is 0 Å². The van der Waals surface area contributed by atoms with Gasteiger partial charge in [0.05, 0.1) is 6.54 Å². The van der Waals surface area contributed by atoms with Gasteiger partial charge in [-0.3, -0.25) is 0 Å². The number of nitrogens with zero attached hydrogens (tertiary/aromatic N) is 4. The first kappa shape index (κ1) is 11.5. The average Bonchev–Trinajstić information content (AvgIpc) is 2.61. The van der Waals surface area contributed by atoms with Crippen molar-refractivity contribution >= 4 is 6.08 Å². The number of hydrogen-bond acceptors (Lipinski definition) is 5. The zero-order chi connectivity index (χ0) is 11.3. The molecule has 1 heterocycles. The number of aromatic nitrogens is 2. The third kappa shape index (κ3) is 3.95. The van der Waals surface area contributed by atoms with Crippen molar-refractivity contribution < 1.29 is 4.42 Å². The summed E-state index contributed by atoms with van der Waals surface area (Å²) in [6.45, 7) is 4.27. The summed E-state index contributed by atoms with van der Waals surface area (Å²) in [5, 5.41) is 7.79. The summed E-state index contributed by atoms with van der Waals surface area (Å²) in [5.74, 6) is 1.11. The molecule has 0 aliphatic heterocycles. The lowest BCUT2D eigenvalue weighted by atomic mass is 10.6. The highest BCUT2D eigenvalue weighted by Crippen LogP contribution is 2.04. The molecule has 0 N–H and O–H groups in total. The SMILES string of the molecule is C=CN(C)C=Cc1nnc(CN(C)C)o1. The Morgan fingerprint density at radius 1 is 1.33 bits per heavy atom. The molecule has 5 heteroatoms. The normalized spacial score (nSPS) is 11.2. The van der Waals surface area contributed by atoms with Crippen molar-refractivity contribution in [2.24, 2.45) is 0 Å². The van der Waals surface area contributed by atoms with Crippen molar-refractivity contribution in [3.05, 3.63) is 30.8 Å². The predicted molar refractivity (Wildman–Crippen MR) is 58.7 cm³/mol. The van der Waals surface area contributed by atoms with Crippen molar-refractivity contribution in [2.45, 2.75) is 6.54 Å². The van der Waals surface area contributed by atoms with Crippen LogP contribution in [0.4, 0.5) is 0 Å². The molecule has 0 amide bonds. The van der Waals surface area contributed by atoms with Crippen LogP contribution >= 0.6 is 0 Å². The fourth-order valence-electron chi connectivity index (χ4n) is 0.911. The molecule has 0 atom stereocenters. The van der Waals surface area contributed by atoms with Crippen LogP contribution in [0.25, 0.3) is 6.08 Å². The molecule has 0 aromatic carbocycles. The largest absolute Gasteiger partial charge is 0.420 e. The highest BCUT2D eigenvalue weighted by Gasteiger charge is 2.03. The van der Waals surface area contributed by atoms with Crippen LogP contribution in [0.15, 0.2) is 23.4 Å². The van der Waals surface area contributed by atoms with Crippen molar-refractivity contribution in [2.75, 3.05) is 21.1 Å². The van der Waals surface area contributed by atoms with Crippen LogP contribution in [0.3, 0.4) is 0 Å². The first-order chi connectivity index (χ1) is 7.11. The molecular weight excluding hydrogens is 192 g/mol. The van der Waals surface area contributed by atoms with E-state index < -0.39 is 0 Å². The molecular formula is C10H16N4O. The Morgan fingerprint density at radius 2 is 2.07 bits per heavy atom. The molecule has 1 aromatic rings. The van der Waals surface area contributed by atoms with E-state index in [0.29, 0.717) is 18.3 Å². The summed E-state index contributed by atoms with van der Waals surface area (Å²) < 4.78 is 5.38. The molecule has 0 bridgehead atoms. The lowest BCUT2D eigenvalue weighted by molar-refractivity contribution is 0.339. The third-order valence-electron chi connectivity index (χ3n) is 1.67.